The number of hydrogen-bond acceptors (Lipinski definition) is 3. The lowest BCUT2D eigenvalue weighted by Gasteiger charge is -2.33. The van der Waals surface area contributed by atoms with Crippen LogP contribution in [0, 0.1) is 0 Å². The van der Waals surface area contributed by atoms with Crippen molar-refractivity contribution in [3.8, 4) is 0 Å². The molecule has 170 valence electrons. The Bertz CT molecular complexity index is 928. The molecule has 2 N–H and O–H groups in total. The van der Waals surface area contributed by atoms with Crippen molar-refractivity contribution in [3.63, 3.8) is 0 Å². The Balaban J connectivity index is 1.33. The first-order chi connectivity index (χ1) is 15.6. The zero-order valence-corrected chi connectivity index (χ0v) is 19.1. The van der Waals surface area contributed by atoms with E-state index < -0.39 is 0 Å². The first-order valence-corrected chi connectivity index (χ1v) is 11.9. The van der Waals surface area contributed by atoms with E-state index in [1.54, 1.807) is 24.3 Å². The number of halogens is 1. The van der Waals surface area contributed by atoms with E-state index in [2.05, 4.69) is 21.6 Å². The second-order valence-corrected chi connectivity index (χ2v) is 9.09. The van der Waals surface area contributed by atoms with Gasteiger partial charge in [0.1, 0.15) is 0 Å². The van der Waals surface area contributed by atoms with Crippen LogP contribution < -0.4 is 10.6 Å². The maximum atomic E-state index is 12.7. The van der Waals surface area contributed by atoms with Crippen LogP contribution in [0.15, 0.2) is 48.5 Å². The highest BCUT2D eigenvalue weighted by molar-refractivity contribution is 6.30. The number of carbonyl (C=O) groups is 2. The third-order valence-corrected chi connectivity index (χ3v) is 6.59. The molecule has 2 aliphatic rings. The molecule has 2 aromatic carbocycles. The molecule has 32 heavy (non-hydrogen) atoms. The molecule has 0 spiro atoms. The van der Waals surface area contributed by atoms with Crippen molar-refractivity contribution in [1.29, 1.82) is 0 Å². The van der Waals surface area contributed by atoms with Gasteiger partial charge in [0.15, 0.2) is 0 Å². The largest absolute Gasteiger partial charge is 0.351 e. The van der Waals surface area contributed by atoms with E-state index in [1.807, 2.05) is 23.1 Å². The van der Waals surface area contributed by atoms with Crippen LogP contribution in [-0.4, -0.2) is 61.0 Å². The topological polar surface area (TPSA) is 64.7 Å². The van der Waals surface area contributed by atoms with Crippen molar-refractivity contribution < 1.29 is 9.59 Å². The summed E-state index contributed by atoms with van der Waals surface area (Å²) in [6.45, 7) is 5.22. The molecule has 0 aromatic heterocycles. The second kappa shape index (κ2) is 10.8. The average molecular weight is 455 g/mol. The molecular weight excluding hydrogens is 424 g/mol. The van der Waals surface area contributed by atoms with Crippen LogP contribution in [0.2, 0.25) is 5.02 Å². The molecule has 3 amide bonds. The lowest BCUT2D eigenvalue weighted by Crippen LogP contribution is -2.41. The summed E-state index contributed by atoms with van der Waals surface area (Å²) in [4.78, 5) is 29.6. The molecule has 0 unspecified atom stereocenters. The Morgan fingerprint density at radius 1 is 1.00 bits per heavy atom. The van der Waals surface area contributed by atoms with Gasteiger partial charge in [0, 0.05) is 48.4 Å². The number of anilines is 1. The van der Waals surface area contributed by atoms with Crippen molar-refractivity contribution in [2.45, 2.75) is 31.6 Å². The minimum absolute atomic E-state index is 0.0285. The molecule has 0 aliphatic carbocycles. The number of urea groups is 1. The van der Waals surface area contributed by atoms with Crippen LogP contribution in [0.5, 0.6) is 0 Å². The molecule has 7 heteroatoms. The maximum Gasteiger partial charge on any atom is 0.321 e. The molecular formula is C25H31ClN4O2. The summed E-state index contributed by atoms with van der Waals surface area (Å²) in [7, 11) is 0. The third kappa shape index (κ3) is 6.02. The van der Waals surface area contributed by atoms with E-state index in [9.17, 15) is 9.59 Å². The molecule has 2 aliphatic heterocycles. The van der Waals surface area contributed by atoms with Crippen molar-refractivity contribution >= 4 is 29.2 Å². The van der Waals surface area contributed by atoms with Gasteiger partial charge in [-0.1, -0.05) is 23.7 Å². The number of nitrogens with one attached hydrogen (secondary N) is 2. The van der Waals surface area contributed by atoms with Crippen LogP contribution in [0.3, 0.4) is 0 Å². The van der Waals surface area contributed by atoms with Gasteiger partial charge >= 0.3 is 6.03 Å². The smallest absolute Gasteiger partial charge is 0.321 e. The van der Waals surface area contributed by atoms with Crippen LogP contribution in [0.1, 0.15) is 47.5 Å². The molecule has 4 rings (SSSR count). The van der Waals surface area contributed by atoms with E-state index in [0.29, 0.717) is 23.7 Å². The number of rotatable bonds is 6. The van der Waals surface area contributed by atoms with E-state index >= 15 is 0 Å². The molecule has 1 atom stereocenters. The SMILES string of the molecule is O=C(NCCN1CCCC1)c1cccc([C@H]2CCCN(C(=O)Nc3ccc(Cl)cc3)C2)c1. The summed E-state index contributed by atoms with van der Waals surface area (Å²) >= 11 is 5.92. The Morgan fingerprint density at radius 3 is 2.56 bits per heavy atom. The predicted octanol–water partition coefficient (Wildman–Crippen LogP) is 4.58. The molecule has 0 bridgehead atoms. The van der Waals surface area contributed by atoms with E-state index in [-0.39, 0.29) is 17.9 Å². The lowest BCUT2D eigenvalue weighted by atomic mass is 9.89. The molecule has 2 fully saturated rings. The summed E-state index contributed by atoms with van der Waals surface area (Å²) in [6.07, 6.45) is 4.45. The van der Waals surface area contributed by atoms with Crippen LogP contribution >= 0.6 is 11.6 Å². The summed E-state index contributed by atoms with van der Waals surface area (Å²) in [5.74, 6) is 0.191. The van der Waals surface area contributed by atoms with Crippen molar-refractivity contribution in [2.24, 2.45) is 0 Å². The van der Waals surface area contributed by atoms with Gasteiger partial charge in [0.05, 0.1) is 0 Å². The molecule has 6 nitrogen and oxygen atoms in total. The zero-order chi connectivity index (χ0) is 22.3. The minimum atomic E-state index is -0.104. The Morgan fingerprint density at radius 2 is 1.78 bits per heavy atom. The van der Waals surface area contributed by atoms with Gasteiger partial charge in [-0.3, -0.25) is 4.79 Å². The summed E-state index contributed by atoms with van der Waals surface area (Å²) in [5, 5.41) is 6.64. The first-order valence-electron chi connectivity index (χ1n) is 11.5. The number of hydrogen-bond donors (Lipinski definition) is 2. The molecule has 2 aromatic rings. The van der Waals surface area contributed by atoms with Gasteiger partial charge in [0.25, 0.3) is 5.91 Å². The molecule has 0 saturated carbocycles. The quantitative estimate of drug-likeness (QED) is 0.671. The van der Waals surface area contributed by atoms with Gasteiger partial charge < -0.3 is 20.4 Å². The molecule has 0 radical (unpaired) electrons. The monoisotopic (exact) mass is 454 g/mol. The highest BCUT2D eigenvalue weighted by atomic mass is 35.5. The Hall–Kier alpha value is -2.57. The maximum absolute atomic E-state index is 12.7. The number of amides is 3. The fraction of sp³-hybridized carbons (Fsp3) is 0.440. The van der Waals surface area contributed by atoms with E-state index in [1.165, 1.54) is 12.8 Å². The predicted molar refractivity (Wildman–Crippen MR) is 128 cm³/mol. The number of carbonyl (C=O) groups excluding carboxylic acids is 2. The molecule has 2 heterocycles. The fourth-order valence-corrected chi connectivity index (χ4v) is 4.67. The number of piperidine rings is 1. The summed E-state index contributed by atoms with van der Waals surface area (Å²) in [5.41, 5.74) is 2.53. The number of nitrogens with zero attached hydrogens (tertiary/aromatic N) is 2. The number of benzene rings is 2. The standard InChI is InChI=1S/C25H31ClN4O2/c26-22-8-10-23(11-9-22)28-25(32)30-15-4-7-21(18-30)19-5-3-6-20(17-19)24(31)27-12-16-29-13-1-2-14-29/h3,5-6,8-11,17,21H,1-2,4,7,12-16,18H2,(H,27,31)(H,28,32)/t21-/m0/s1. The Labute approximate surface area is 194 Å². The highest BCUT2D eigenvalue weighted by Crippen LogP contribution is 2.28. The van der Waals surface area contributed by atoms with Crippen molar-refractivity contribution in [2.75, 3.05) is 44.6 Å². The normalized spacial score (nSPS) is 19.0. The first kappa shape index (κ1) is 22.6. The van der Waals surface area contributed by atoms with Gasteiger partial charge in [0.2, 0.25) is 0 Å². The van der Waals surface area contributed by atoms with Crippen molar-refractivity contribution in [1.82, 2.24) is 15.1 Å². The van der Waals surface area contributed by atoms with Gasteiger partial charge in [-0.2, -0.15) is 0 Å². The molecule has 2 saturated heterocycles. The summed E-state index contributed by atoms with van der Waals surface area (Å²) < 4.78 is 0. The zero-order valence-electron chi connectivity index (χ0n) is 18.4. The fourth-order valence-electron chi connectivity index (χ4n) is 4.54. The van der Waals surface area contributed by atoms with Crippen LogP contribution in [-0.2, 0) is 0 Å². The van der Waals surface area contributed by atoms with Crippen LogP contribution in [0.4, 0.5) is 10.5 Å². The lowest BCUT2D eigenvalue weighted by molar-refractivity contribution is 0.0949. The van der Waals surface area contributed by atoms with Gasteiger partial charge in [-0.25, -0.2) is 4.79 Å². The Kier molecular flexibility index (Phi) is 7.66. The second-order valence-electron chi connectivity index (χ2n) is 8.65. The summed E-state index contributed by atoms with van der Waals surface area (Å²) in [6, 6.07) is 14.9. The minimum Gasteiger partial charge on any atom is -0.351 e. The number of likely N-dealkylation sites (tertiary alicyclic amines) is 2. The van der Waals surface area contributed by atoms with E-state index in [4.69, 9.17) is 11.6 Å². The van der Waals surface area contributed by atoms with Crippen molar-refractivity contribution in [3.05, 3.63) is 64.7 Å². The van der Waals surface area contributed by atoms with E-state index in [0.717, 1.165) is 50.3 Å². The third-order valence-electron chi connectivity index (χ3n) is 6.34. The van der Waals surface area contributed by atoms with Gasteiger partial charge in [-0.05, 0) is 80.7 Å². The average Bonchev–Trinajstić information content (AvgIpc) is 3.34. The highest BCUT2D eigenvalue weighted by Gasteiger charge is 2.25. The van der Waals surface area contributed by atoms with Crippen LogP contribution in [0.25, 0.3) is 0 Å². The van der Waals surface area contributed by atoms with Gasteiger partial charge in [-0.15, -0.1) is 0 Å².